The first-order chi connectivity index (χ1) is 34.5. The smallest absolute Gasteiger partial charge is 0.306 e. The molecule has 0 saturated carbocycles. The first-order valence-electron chi connectivity index (χ1n) is 27.0. The van der Waals surface area contributed by atoms with Gasteiger partial charge in [0.15, 0.2) is 18.7 Å². The molecule has 11 atom stereocenters. The highest BCUT2D eigenvalue weighted by molar-refractivity contribution is 5.70. The van der Waals surface area contributed by atoms with Crippen molar-refractivity contribution in [1.82, 2.24) is 0 Å². The molecule has 0 bridgehead atoms. The monoisotopic (exact) mass is 1010 g/mol. The van der Waals surface area contributed by atoms with Gasteiger partial charge in [-0.2, -0.15) is 0 Å². The fraction of sp³-hybridized carbons (Fsp3) is 0.750. The van der Waals surface area contributed by atoms with Gasteiger partial charge in [0.1, 0.15) is 55.4 Å². The zero-order valence-corrected chi connectivity index (χ0v) is 43.2. The lowest BCUT2D eigenvalue weighted by atomic mass is 9.98. The third-order valence-corrected chi connectivity index (χ3v) is 12.5. The van der Waals surface area contributed by atoms with Crippen molar-refractivity contribution >= 4 is 11.9 Å². The van der Waals surface area contributed by atoms with Gasteiger partial charge >= 0.3 is 11.9 Å². The van der Waals surface area contributed by atoms with Crippen LogP contribution in [0.5, 0.6) is 0 Å². The summed E-state index contributed by atoms with van der Waals surface area (Å²) in [6, 6.07) is 0. The van der Waals surface area contributed by atoms with Gasteiger partial charge in [-0.1, -0.05) is 183 Å². The number of rotatable bonds is 41. The van der Waals surface area contributed by atoms with Gasteiger partial charge in [0.25, 0.3) is 0 Å². The molecule has 408 valence electrons. The van der Waals surface area contributed by atoms with Crippen LogP contribution in [0.1, 0.15) is 174 Å². The summed E-state index contributed by atoms with van der Waals surface area (Å²) < 4.78 is 33.5. The van der Waals surface area contributed by atoms with Crippen LogP contribution in [0.2, 0.25) is 0 Å². The summed E-state index contributed by atoms with van der Waals surface area (Å²) in [6.07, 6.45) is 33.7. The van der Waals surface area contributed by atoms with E-state index in [0.29, 0.717) is 19.3 Å². The highest BCUT2D eigenvalue weighted by Gasteiger charge is 2.47. The van der Waals surface area contributed by atoms with Crippen molar-refractivity contribution < 1.29 is 73.8 Å². The fourth-order valence-electron chi connectivity index (χ4n) is 8.07. The van der Waals surface area contributed by atoms with Gasteiger partial charge in [-0.05, 0) is 51.4 Å². The zero-order chi connectivity index (χ0) is 51.7. The van der Waals surface area contributed by atoms with E-state index in [4.69, 9.17) is 28.4 Å². The molecule has 0 amide bonds. The van der Waals surface area contributed by atoms with Gasteiger partial charge in [-0.3, -0.25) is 9.59 Å². The van der Waals surface area contributed by atoms with E-state index >= 15 is 0 Å². The lowest BCUT2D eigenvalue weighted by molar-refractivity contribution is -0.332. The molecule has 2 saturated heterocycles. The topological polar surface area (TPSA) is 231 Å². The second-order valence-corrected chi connectivity index (χ2v) is 18.7. The molecule has 2 rings (SSSR count). The molecule has 2 aliphatic rings. The molecule has 11 unspecified atom stereocenters. The van der Waals surface area contributed by atoms with Gasteiger partial charge in [-0.15, -0.1) is 0 Å². The molecule has 0 aromatic carbocycles. The number of unbranched alkanes of at least 4 members (excludes halogenated alkanes) is 15. The van der Waals surface area contributed by atoms with E-state index in [1.807, 2.05) is 12.2 Å². The number of carbonyl (C=O) groups excluding carboxylic acids is 2. The minimum atomic E-state index is -1.78. The lowest BCUT2D eigenvalue weighted by Crippen LogP contribution is -2.61. The maximum absolute atomic E-state index is 13.0. The van der Waals surface area contributed by atoms with Gasteiger partial charge in [0, 0.05) is 12.8 Å². The number of allylic oxidation sites excluding steroid dienone is 12. The van der Waals surface area contributed by atoms with E-state index in [-0.39, 0.29) is 19.4 Å². The first-order valence-corrected chi connectivity index (χ1v) is 27.0. The second kappa shape index (κ2) is 42.3. The Labute approximate surface area is 425 Å². The van der Waals surface area contributed by atoms with Crippen molar-refractivity contribution in [3.63, 3.8) is 0 Å². The molecule has 7 N–H and O–H groups in total. The average Bonchev–Trinajstić information content (AvgIpc) is 3.36. The largest absolute Gasteiger partial charge is 0.462 e. The van der Waals surface area contributed by atoms with Gasteiger partial charge < -0.3 is 64.2 Å². The number of hydrogen-bond acceptors (Lipinski definition) is 15. The predicted molar refractivity (Wildman–Crippen MR) is 275 cm³/mol. The molecule has 2 heterocycles. The van der Waals surface area contributed by atoms with Crippen LogP contribution in [0.15, 0.2) is 72.9 Å². The van der Waals surface area contributed by atoms with E-state index in [1.54, 1.807) is 0 Å². The Kier molecular flexibility index (Phi) is 38.2. The van der Waals surface area contributed by atoms with Crippen LogP contribution in [0.25, 0.3) is 0 Å². The molecule has 0 radical (unpaired) electrons. The van der Waals surface area contributed by atoms with Crippen LogP contribution in [0.4, 0.5) is 0 Å². The van der Waals surface area contributed by atoms with Gasteiger partial charge in [-0.25, -0.2) is 0 Å². The van der Waals surface area contributed by atoms with Crippen molar-refractivity contribution in [2.75, 3.05) is 26.4 Å². The quantitative estimate of drug-likeness (QED) is 0.0174. The summed E-state index contributed by atoms with van der Waals surface area (Å²) in [6.45, 7) is 2.40. The van der Waals surface area contributed by atoms with E-state index in [2.05, 4.69) is 74.6 Å². The number of ether oxygens (including phenoxy) is 6. The van der Waals surface area contributed by atoms with Crippen LogP contribution in [0.3, 0.4) is 0 Å². The molecule has 15 heteroatoms. The molecule has 2 fully saturated rings. The summed E-state index contributed by atoms with van der Waals surface area (Å²) in [5.74, 6) is -1.02. The summed E-state index contributed by atoms with van der Waals surface area (Å²) in [5, 5.41) is 72.1. The molecule has 0 spiro atoms. The third kappa shape index (κ3) is 30.0. The summed E-state index contributed by atoms with van der Waals surface area (Å²) in [5.41, 5.74) is 0. The van der Waals surface area contributed by atoms with E-state index in [9.17, 15) is 45.3 Å². The maximum atomic E-state index is 13.0. The molecule has 0 aliphatic carbocycles. The molecular formula is C56H94O15. The number of esters is 2. The van der Waals surface area contributed by atoms with Crippen molar-refractivity contribution in [2.24, 2.45) is 0 Å². The summed E-state index contributed by atoms with van der Waals surface area (Å²) in [4.78, 5) is 25.8. The number of hydrogen-bond donors (Lipinski definition) is 7. The Morgan fingerprint density at radius 1 is 0.465 bits per heavy atom. The van der Waals surface area contributed by atoms with Crippen LogP contribution < -0.4 is 0 Å². The maximum Gasteiger partial charge on any atom is 0.306 e. The molecule has 2 aliphatic heterocycles. The van der Waals surface area contributed by atoms with Crippen molar-refractivity contribution in [1.29, 1.82) is 0 Å². The second-order valence-electron chi connectivity index (χ2n) is 18.7. The number of carbonyl (C=O) groups is 2. The molecule has 15 nitrogen and oxygen atoms in total. The zero-order valence-electron chi connectivity index (χ0n) is 43.2. The highest BCUT2D eigenvalue weighted by atomic mass is 16.7. The SMILES string of the molecule is CC/C=C\C/C=C\C/C=C\C/C=C\C/C=C\C/C=C\CCC(=O)OC(COC(=O)CCCCCCCCCCCCCCCCCC)COC1OC(COC2OC(CO)C(O)C(O)C2O)C(O)C(O)C1O. The van der Waals surface area contributed by atoms with Crippen molar-refractivity contribution in [2.45, 2.75) is 242 Å². The predicted octanol–water partition coefficient (Wildman–Crippen LogP) is 8.21. The minimum Gasteiger partial charge on any atom is -0.462 e. The van der Waals surface area contributed by atoms with Crippen LogP contribution >= 0.6 is 0 Å². The third-order valence-electron chi connectivity index (χ3n) is 12.5. The van der Waals surface area contributed by atoms with Crippen LogP contribution in [0, 0.1) is 0 Å². The first kappa shape index (κ1) is 64.1. The summed E-state index contributed by atoms with van der Waals surface area (Å²) in [7, 11) is 0. The Balaban J connectivity index is 1.83. The van der Waals surface area contributed by atoms with Crippen LogP contribution in [-0.4, -0.2) is 142 Å². The Morgan fingerprint density at radius 2 is 0.887 bits per heavy atom. The molecular weight excluding hydrogens is 913 g/mol. The van der Waals surface area contributed by atoms with Crippen molar-refractivity contribution in [3.8, 4) is 0 Å². The highest BCUT2D eigenvalue weighted by Crippen LogP contribution is 2.26. The van der Waals surface area contributed by atoms with Crippen LogP contribution in [-0.2, 0) is 38.0 Å². The molecule has 0 aromatic heterocycles. The number of aliphatic hydroxyl groups is 7. The average molecular weight is 1010 g/mol. The van der Waals surface area contributed by atoms with E-state index in [0.717, 1.165) is 51.4 Å². The summed E-state index contributed by atoms with van der Waals surface area (Å²) >= 11 is 0. The number of aliphatic hydroxyl groups excluding tert-OH is 7. The van der Waals surface area contributed by atoms with Gasteiger partial charge in [0.2, 0.25) is 0 Å². The Morgan fingerprint density at radius 3 is 1.37 bits per heavy atom. The standard InChI is InChI=1S/C56H94O15/c1-3-5-7-9-11-13-15-17-19-21-22-23-25-27-29-31-33-35-37-39-48(59)69-44(41-66-47(58)38-36-34-32-30-28-26-24-20-18-16-14-12-10-8-6-4-2)42-67-55-54(65)52(63)50(61)46(71-55)43-68-56-53(64)51(62)49(60)45(40-57)70-56/h5,7,11,13,17,19,22-23,27,29,33,35,44-46,49-57,60-65H,3-4,6,8-10,12,14-16,18,20-21,24-26,28,30-32,34,36-43H2,1-2H3/b7-5-,13-11-,19-17-,23-22-,29-27-,35-33-. The normalized spacial score (nSPS) is 25.8. The molecule has 71 heavy (non-hydrogen) atoms. The van der Waals surface area contributed by atoms with E-state index in [1.165, 1.54) is 77.0 Å². The lowest BCUT2D eigenvalue weighted by Gasteiger charge is -2.42. The van der Waals surface area contributed by atoms with Gasteiger partial charge in [0.05, 0.1) is 19.8 Å². The molecule has 0 aromatic rings. The fourth-order valence-corrected chi connectivity index (χ4v) is 8.07. The van der Waals surface area contributed by atoms with Crippen molar-refractivity contribution in [3.05, 3.63) is 72.9 Å². The Hall–Kier alpha value is -3.06. The van der Waals surface area contributed by atoms with E-state index < -0.39 is 99.3 Å². The minimum absolute atomic E-state index is 0.0383. The Bertz CT molecular complexity index is 1510.